The number of hydrogen-bond donors (Lipinski definition) is 1. The Morgan fingerprint density at radius 3 is 2.80 bits per heavy atom. The van der Waals surface area contributed by atoms with Gasteiger partial charge in [-0.2, -0.15) is 0 Å². The fourth-order valence-corrected chi connectivity index (χ4v) is 1.43. The summed E-state index contributed by atoms with van der Waals surface area (Å²) in [6.45, 7) is 1.70. The molecule has 1 N–H and O–H groups in total. The van der Waals surface area contributed by atoms with Crippen LogP contribution >= 0.6 is 0 Å². The van der Waals surface area contributed by atoms with Crippen molar-refractivity contribution in [2.24, 2.45) is 5.92 Å². The number of carboxylic acids is 1. The summed E-state index contributed by atoms with van der Waals surface area (Å²) in [4.78, 5) is 16.7. The van der Waals surface area contributed by atoms with Crippen molar-refractivity contribution < 1.29 is 9.90 Å². The molecule has 1 atom stereocenters. The van der Waals surface area contributed by atoms with Gasteiger partial charge in [0.2, 0.25) is 0 Å². The molecular weight excluding hydrogens is 192 g/mol. The summed E-state index contributed by atoms with van der Waals surface area (Å²) in [5.74, 6) is -1.16. The number of hydrogen-bond acceptors (Lipinski definition) is 3. The zero-order valence-electron chi connectivity index (χ0n) is 9.27. The molecule has 0 aliphatic rings. The highest BCUT2D eigenvalue weighted by Crippen LogP contribution is 2.20. The summed E-state index contributed by atoms with van der Waals surface area (Å²) in [7, 11) is 3.87. The molecule has 0 bridgehead atoms. The molecule has 0 radical (unpaired) electrons. The monoisotopic (exact) mass is 208 g/mol. The first-order chi connectivity index (χ1) is 7.02. The summed E-state index contributed by atoms with van der Waals surface area (Å²) in [6, 6.07) is 1.89. The number of aromatic nitrogens is 1. The predicted octanol–water partition coefficient (Wildman–Crippen LogP) is 1.41. The molecule has 1 unspecified atom stereocenters. The van der Waals surface area contributed by atoms with E-state index in [0.29, 0.717) is 6.42 Å². The van der Waals surface area contributed by atoms with E-state index in [4.69, 9.17) is 5.11 Å². The maximum atomic E-state index is 10.8. The van der Waals surface area contributed by atoms with Crippen LogP contribution in [0.5, 0.6) is 0 Å². The number of rotatable bonds is 4. The molecule has 0 aromatic carbocycles. The lowest BCUT2D eigenvalue weighted by Gasteiger charge is -2.17. The van der Waals surface area contributed by atoms with Crippen LogP contribution in [-0.2, 0) is 11.2 Å². The Kier molecular flexibility index (Phi) is 3.66. The highest BCUT2D eigenvalue weighted by molar-refractivity contribution is 5.70. The van der Waals surface area contributed by atoms with Crippen LogP contribution in [0.25, 0.3) is 0 Å². The van der Waals surface area contributed by atoms with Gasteiger partial charge in [0.05, 0.1) is 5.92 Å². The van der Waals surface area contributed by atoms with Crippen molar-refractivity contribution in [1.82, 2.24) is 4.98 Å². The van der Waals surface area contributed by atoms with Crippen molar-refractivity contribution in [3.63, 3.8) is 0 Å². The Morgan fingerprint density at radius 2 is 2.27 bits per heavy atom. The van der Waals surface area contributed by atoms with E-state index >= 15 is 0 Å². The van der Waals surface area contributed by atoms with Crippen LogP contribution in [0.15, 0.2) is 18.5 Å². The Hall–Kier alpha value is -1.58. The maximum Gasteiger partial charge on any atom is 0.306 e. The Bertz CT molecular complexity index is 350. The average Bonchev–Trinajstić information content (AvgIpc) is 2.18. The molecule has 0 fully saturated rings. The van der Waals surface area contributed by atoms with Gasteiger partial charge in [0, 0.05) is 32.2 Å². The van der Waals surface area contributed by atoms with E-state index in [1.165, 1.54) is 0 Å². The lowest BCUT2D eigenvalue weighted by molar-refractivity contribution is -0.141. The van der Waals surface area contributed by atoms with Gasteiger partial charge in [0.1, 0.15) is 0 Å². The van der Waals surface area contributed by atoms with Gasteiger partial charge >= 0.3 is 5.97 Å². The third kappa shape index (κ3) is 2.94. The van der Waals surface area contributed by atoms with E-state index in [-0.39, 0.29) is 5.92 Å². The standard InChI is InChI=1S/C11H16N2O2/c1-8(11(14)15)6-9-7-12-5-4-10(9)13(2)3/h4-5,7-8H,6H2,1-3H3,(H,14,15). The second-order valence-corrected chi connectivity index (χ2v) is 3.84. The van der Waals surface area contributed by atoms with Gasteiger partial charge in [-0.3, -0.25) is 9.78 Å². The van der Waals surface area contributed by atoms with Gasteiger partial charge < -0.3 is 10.0 Å². The molecule has 1 aromatic rings. The zero-order chi connectivity index (χ0) is 11.4. The van der Waals surface area contributed by atoms with Crippen molar-refractivity contribution in [3.05, 3.63) is 24.0 Å². The molecule has 0 saturated carbocycles. The lowest BCUT2D eigenvalue weighted by Crippen LogP contribution is -2.16. The molecule has 0 aliphatic carbocycles. The number of carboxylic acid groups (broad SMARTS) is 1. The average molecular weight is 208 g/mol. The summed E-state index contributed by atoms with van der Waals surface area (Å²) < 4.78 is 0. The summed E-state index contributed by atoms with van der Waals surface area (Å²) in [6.07, 6.45) is 3.95. The van der Waals surface area contributed by atoms with Crippen LogP contribution in [-0.4, -0.2) is 30.2 Å². The molecule has 15 heavy (non-hydrogen) atoms. The Morgan fingerprint density at radius 1 is 1.60 bits per heavy atom. The van der Waals surface area contributed by atoms with E-state index in [2.05, 4.69) is 4.98 Å². The molecule has 1 heterocycles. The first kappa shape index (κ1) is 11.5. The maximum absolute atomic E-state index is 10.8. The number of carbonyl (C=O) groups is 1. The Balaban J connectivity index is 2.89. The number of pyridine rings is 1. The zero-order valence-corrected chi connectivity index (χ0v) is 9.27. The van der Waals surface area contributed by atoms with Crippen molar-refractivity contribution in [3.8, 4) is 0 Å². The van der Waals surface area contributed by atoms with E-state index in [9.17, 15) is 4.79 Å². The molecule has 1 rings (SSSR count). The van der Waals surface area contributed by atoms with Crippen molar-refractivity contribution in [2.75, 3.05) is 19.0 Å². The highest BCUT2D eigenvalue weighted by Gasteiger charge is 2.14. The second-order valence-electron chi connectivity index (χ2n) is 3.84. The predicted molar refractivity (Wildman–Crippen MR) is 59.1 cm³/mol. The molecule has 1 aromatic heterocycles. The van der Waals surface area contributed by atoms with Crippen molar-refractivity contribution >= 4 is 11.7 Å². The highest BCUT2D eigenvalue weighted by atomic mass is 16.4. The van der Waals surface area contributed by atoms with Crippen LogP contribution in [0.2, 0.25) is 0 Å². The topological polar surface area (TPSA) is 53.4 Å². The van der Waals surface area contributed by atoms with E-state index < -0.39 is 5.97 Å². The Labute approximate surface area is 89.6 Å². The van der Waals surface area contributed by atoms with Gasteiger partial charge in [-0.25, -0.2) is 0 Å². The molecule has 0 aliphatic heterocycles. The summed E-state index contributed by atoms with van der Waals surface area (Å²) in [5, 5.41) is 8.84. The molecule has 4 heteroatoms. The lowest BCUT2D eigenvalue weighted by atomic mass is 10.0. The van der Waals surface area contributed by atoms with Gasteiger partial charge in [0.25, 0.3) is 0 Å². The van der Waals surface area contributed by atoms with Crippen LogP contribution in [0, 0.1) is 5.92 Å². The second kappa shape index (κ2) is 4.77. The molecule has 0 saturated heterocycles. The molecule has 4 nitrogen and oxygen atoms in total. The third-order valence-corrected chi connectivity index (χ3v) is 2.31. The third-order valence-electron chi connectivity index (χ3n) is 2.31. The van der Waals surface area contributed by atoms with Gasteiger partial charge in [-0.1, -0.05) is 6.92 Å². The number of nitrogens with zero attached hydrogens (tertiary/aromatic N) is 2. The minimum absolute atomic E-state index is 0.382. The van der Waals surface area contributed by atoms with Crippen LogP contribution < -0.4 is 4.90 Å². The fourth-order valence-electron chi connectivity index (χ4n) is 1.43. The summed E-state index contributed by atoms with van der Waals surface area (Å²) >= 11 is 0. The minimum atomic E-state index is -0.774. The van der Waals surface area contributed by atoms with Crippen LogP contribution in [0.4, 0.5) is 5.69 Å². The minimum Gasteiger partial charge on any atom is -0.481 e. The fraction of sp³-hybridized carbons (Fsp3) is 0.455. The molecule has 0 spiro atoms. The van der Waals surface area contributed by atoms with Crippen LogP contribution in [0.3, 0.4) is 0 Å². The number of aliphatic carboxylic acids is 1. The quantitative estimate of drug-likeness (QED) is 0.812. The first-order valence-corrected chi connectivity index (χ1v) is 4.85. The first-order valence-electron chi connectivity index (χ1n) is 4.85. The van der Waals surface area contributed by atoms with Crippen LogP contribution in [0.1, 0.15) is 12.5 Å². The largest absolute Gasteiger partial charge is 0.481 e. The SMILES string of the molecule is CC(Cc1cnccc1N(C)C)C(=O)O. The van der Waals surface area contributed by atoms with Gasteiger partial charge in [-0.05, 0) is 18.1 Å². The molecule has 82 valence electrons. The van der Waals surface area contributed by atoms with Gasteiger partial charge in [-0.15, -0.1) is 0 Å². The molecular formula is C11H16N2O2. The summed E-state index contributed by atoms with van der Waals surface area (Å²) in [5.41, 5.74) is 2.00. The molecule has 0 amide bonds. The normalized spacial score (nSPS) is 12.2. The number of anilines is 1. The smallest absolute Gasteiger partial charge is 0.306 e. The van der Waals surface area contributed by atoms with Gasteiger partial charge in [0.15, 0.2) is 0 Å². The van der Waals surface area contributed by atoms with Crippen molar-refractivity contribution in [2.45, 2.75) is 13.3 Å². The van der Waals surface area contributed by atoms with E-state index in [0.717, 1.165) is 11.3 Å². The van der Waals surface area contributed by atoms with Crippen molar-refractivity contribution in [1.29, 1.82) is 0 Å². The van der Waals surface area contributed by atoms with E-state index in [1.54, 1.807) is 19.3 Å². The van der Waals surface area contributed by atoms with E-state index in [1.807, 2.05) is 25.1 Å².